The maximum Gasteiger partial charge on any atom is 0.291 e. The monoisotopic (exact) mass is 472 g/mol. The van der Waals surface area contributed by atoms with Crippen molar-refractivity contribution >= 4 is 61.3 Å². The lowest BCUT2D eigenvalue weighted by molar-refractivity contribution is 0.102. The number of nitrogens with one attached hydrogen (secondary N) is 2. The van der Waals surface area contributed by atoms with E-state index in [1.807, 2.05) is 6.92 Å². The van der Waals surface area contributed by atoms with Crippen molar-refractivity contribution in [2.24, 2.45) is 0 Å². The number of rotatable bonds is 7. The Morgan fingerprint density at radius 3 is 2.52 bits per heavy atom. The summed E-state index contributed by atoms with van der Waals surface area (Å²) in [6.45, 7) is 2.36. The Morgan fingerprint density at radius 2 is 1.86 bits per heavy atom. The molecule has 1 heterocycles. The molecule has 0 saturated heterocycles. The fourth-order valence-electron chi connectivity index (χ4n) is 2.19. The molecule has 152 valence electrons. The summed E-state index contributed by atoms with van der Waals surface area (Å²) in [4.78, 5) is 12.3. The van der Waals surface area contributed by atoms with Crippen LogP contribution in [0.15, 0.2) is 46.8 Å². The topological polar surface area (TPSA) is 110 Å². The fraction of sp³-hybridized carbons (Fsp3) is 0.118. The average molecular weight is 473 g/mol. The van der Waals surface area contributed by atoms with Crippen molar-refractivity contribution < 1.29 is 17.9 Å². The Kier molecular flexibility index (Phi) is 6.58. The number of benzene rings is 2. The molecule has 3 aromatic rings. The SMILES string of the molecule is CCOc1ccc(NS(=O)(=O)c2nnc(NC(=O)c3ccc(Cl)cc3Cl)s2)cc1. The van der Waals surface area contributed by atoms with E-state index in [1.54, 1.807) is 24.3 Å². The highest BCUT2D eigenvalue weighted by molar-refractivity contribution is 7.94. The number of sulfonamides is 1. The lowest BCUT2D eigenvalue weighted by Gasteiger charge is -2.07. The van der Waals surface area contributed by atoms with Gasteiger partial charge in [-0.1, -0.05) is 34.5 Å². The Bertz CT molecular complexity index is 1130. The van der Waals surface area contributed by atoms with E-state index in [4.69, 9.17) is 27.9 Å². The van der Waals surface area contributed by atoms with Gasteiger partial charge in [-0.3, -0.25) is 14.8 Å². The Labute approximate surface area is 180 Å². The van der Waals surface area contributed by atoms with Crippen LogP contribution in [-0.4, -0.2) is 31.1 Å². The Hall–Kier alpha value is -2.40. The molecular formula is C17H14Cl2N4O4S2. The van der Waals surface area contributed by atoms with Gasteiger partial charge in [0.15, 0.2) is 0 Å². The molecule has 0 fully saturated rings. The van der Waals surface area contributed by atoms with Crippen LogP contribution in [0, 0.1) is 0 Å². The second-order valence-corrected chi connectivity index (χ2v) is 9.19. The van der Waals surface area contributed by atoms with E-state index < -0.39 is 15.9 Å². The zero-order chi connectivity index (χ0) is 21.0. The van der Waals surface area contributed by atoms with Crippen LogP contribution < -0.4 is 14.8 Å². The third-order valence-electron chi connectivity index (χ3n) is 3.45. The molecule has 1 aromatic heterocycles. The van der Waals surface area contributed by atoms with Gasteiger partial charge in [0.1, 0.15) is 5.75 Å². The van der Waals surface area contributed by atoms with Gasteiger partial charge in [-0.2, -0.15) is 8.42 Å². The second-order valence-electron chi connectivity index (χ2n) is 5.51. The first-order chi connectivity index (χ1) is 13.8. The van der Waals surface area contributed by atoms with Crippen LogP contribution in [0.25, 0.3) is 0 Å². The molecule has 0 bridgehead atoms. The molecule has 2 N–H and O–H groups in total. The van der Waals surface area contributed by atoms with E-state index in [-0.39, 0.29) is 20.1 Å². The summed E-state index contributed by atoms with van der Waals surface area (Å²) < 4.78 is 32.4. The zero-order valence-electron chi connectivity index (χ0n) is 14.8. The summed E-state index contributed by atoms with van der Waals surface area (Å²) in [6.07, 6.45) is 0. The molecule has 8 nitrogen and oxygen atoms in total. The van der Waals surface area contributed by atoms with Crippen molar-refractivity contribution in [1.29, 1.82) is 0 Å². The Morgan fingerprint density at radius 1 is 1.14 bits per heavy atom. The van der Waals surface area contributed by atoms with Gasteiger partial charge in [0.2, 0.25) is 5.13 Å². The maximum atomic E-state index is 12.5. The molecule has 0 unspecified atom stereocenters. The first kappa shape index (κ1) is 21.3. The molecule has 1 amide bonds. The number of halogens is 2. The summed E-state index contributed by atoms with van der Waals surface area (Å²) in [5.74, 6) is 0.0588. The van der Waals surface area contributed by atoms with E-state index >= 15 is 0 Å². The molecule has 0 saturated carbocycles. The lowest BCUT2D eigenvalue weighted by atomic mass is 10.2. The number of hydrogen-bond acceptors (Lipinski definition) is 7. The van der Waals surface area contributed by atoms with Crippen molar-refractivity contribution in [3.05, 3.63) is 58.1 Å². The van der Waals surface area contributed by atoms with Crippen LogP contribution in [0.1, 0.15) is 17.3 Å². The Balaban J connectivity index is 1.71. The lowest BCUT2D eigenvalue weighted by Crippen LogP contribution is -2.12. The number of carbonyl (C=O) groups is 1. The van der Waals surface area contributed by atoms with Gasteiger partial charge in [-0.25, -0.2) is 0 Å². The summed E-state index contributed by atoms with van der Waals surface area (Å²) in [5, 5.41) is 10.4. The normalized spacial score (nSPS) is 11.1. The van der Waals surface area contributed by atoms with Crippen LogP contribution in [0.4, 0.5) is 10.8 Å². The smallest absolute Gasteiger partial charge is 0.291 e. The number of anilines is 2. The maximum absolute atomic E-state index is 12.5. The largest absolute Gasteiger partial charge is 0.494 e. The predicted octanol–water partition coefficient (Wildman–Crippen LogP) is 4.30. The molecule has 12 heteroatoms. The van der Waals surface area contributed by atoms with Crippen molar-refractivity contribution in [3.8, 4) is 5.75 Å². The summed E-state index contributed by atoms with van der Waals surface area (Å²) in [7, 11) is -3.97. The third-order valence-corrected chi connectivity index (χ3v) is 6.59. The number of nitrogens with zero attached hydrogens (tertiary/aromatic N) is 2. The average Bonchev–Trinajstić information content (AvgIpc) is 3.13. The highest BCUT2D eigenvalue weighted by atomic mass is 35.5. The van der Waals surface area contributed by atoms with Gasteiger partial charge >= 0.3 is 0 Å². The molecule has 29 heavy (non-hydrogen) atoms. The van der Waals surface area contributed by atoms with Crippen LogP contribution in [0.3, 0.4) is 0 Å². The number of hydrogen-bond donors (Lipinski definition) is 2. The first-order valence-electron chi connectivity index (χ1n) is 8.14. The van der Waals surface area contributed by atoms with Gasteiger partial charge in [0.25, 0.3) is 20.3 Å². The van der Waals surface area contributed by atoms with E-state index in [2.05, 4.69) is 20.2 Å². The minimum atomic E-state index is -3.97. The van der Waals surface area contributed by atoms with Crippen molar-refractivity contribution in [2.75, 3.05) is 16.6 Å². The number of ether oxygens (including phenoxy) is 1. The van der Waals surface area contributed by atoms with Gasteiger partial charge in [-0.05, 0) is 49.4 Å². The van der Waals surface area contributed by atoms with Gasteiger partial charge in [0.05, 0.1) is 17.2 Å². The summed E-state index contributed by atoms with van der Waals surface area (Å²) in [5.41, 5.74) is 0.505. The first-order valence-corrected chi connectivity index (χ1v) is 11.2. The molecule has 3 rings (SSSR count). The van der Waals surface area contributed by atoms with E-state index in [9.17, 15) is 13.2 Å². The van der Waals surface area contributed by atoms with Crippen LogP contribution in [0.5, 0.6) is 5.75 Å². The molecule has 0 aliphatic rings. The quantitative estimate of drug-likeness (QED) is 0.496. The molecule has 0 radical (unpaired) electrons. The summed E-state index contributed by atoms with van der Waals surface area (Å²) >= 11 is 12.5. The predicted molar refractivity (Wildman–Crippen MR) is 113 cm³/mol. The zero-order valence-corrected chi connectivity index (χ0v) is 18.0. The summed E-state index contributed by atoms with van der Waals surface area (Å²) in [6, 6.07) is 10.8. The van der Waals surface area contributed by atoms with E-state index in [0.717, 1.165) is 0 Å². The highest BCUT2D eigenvalue weighted by Crippen LogP contribution is 2.26. The van der Waals surface area contributed by atoms with Crippen molar-refractivity contribution in [2.45, 2.75) is 11.3 Å². The van der Waals surface area contributed by atoms with Gasteiger partial charge in [-0.15, -0.1) is 10.2 Å². The fourth-order valence-corrected chi connectivity index (χ4v) is 4.64. The number of carbonyl (C=O) groups excluding carboxylic acids is 1. The molecule has 0 aliphatic heterocycles. The van der Waals surface area contributed by atoms with E-state index in [1.165, 1.54) is 18.2 Å². The van der Waals surface area contributed by atoms with Crippen LogP contribution in [0.2, 0.25) is 10.0 Å². The minimum absolute atomic E-state index is 0.00749. The molecular weight excluding hydrogens is 459 g/mol. The highest BCUT2D eigenvalue weighted by Gasteiger charge is 2.22. The van der Waals surface area contributed by atoms with Crippen molar-refractivity contribution in [3.63, 3.8) is 0 Å². The van der Waals surface area contributed by atoms with Crippen molar-refractivity contribution in [1.82, 2.24) is 10.2 Å². The number of amides is 1. The molecule has 0 aliphatic carbocycles. The molecule has 0 atom stereocenters. The van der Waals surface area contributed by atoms with Crippen LogP contribution >= 0.6 is 34.5 Å². The second kappa shape index (κ2) is 8.95. The minimum Gasteiger partial charge on any atom is -0.494 e. The molecule has 0 spiro atoms. The number of aromatic nitrogens is 2. The van der Waals surface area contributed by atoms with Gasteiger partial charge in [0, 0.05) is 10.7 Å². The van der Waals surface area contributed by atoms with Gasteiger partial charge < -0.3 is 4.74 Å². The standard InChI is InChI=1S/C17H14Cl2N4O4S2/c1-2-27-12-6-4-11(5-7-12)23-29(25,26)17-22-21-16(28-17)20-15(24)13-8-3-10(18)9-14(13)19/h3-9,23H,2H2,1H3,(H,20,21,24). The third kappa shape index (κ3) is 5.36. The van der Waals surface area contributed by atoms with E-state index in [0.29, 0.717) is 34.4 Å². The van der Waals surface area contributed by atoms with Crippen LogP contribution in [-0.2, 0) is 10.0 Å². The molecule has 2 aromatic carbocycles.